The average molecular weight is 380 g/mol. The highest BCUT2D eigenvalue weighted by molar-refractivity contribution is 5.81. The van der Waals surface area contributed by atoms with E-state index in [-0.39, 0.29) is 12.2 Å². The molecule has 0 aromatic carbocycles. The number of ether oxygens (including phenoxy) is 1. The van der Waals surface area contributed by atoms with Gasteiger partial charge in [-0.2, -0.15) is 0 Å². The number of aliphatic hydroxyl groups excluding tert-OH is 2. The van der Waals surface area contributed by atoms with Crippen molar-refractivity contribution in [3.8, 4) is 0 Å². The molecule has 1 aliphatic rings. The van der Waals surface area contributed by atoms with Crippen molar-refractivity contribution >= 4 is 22.9 Å². The molecule has 4 atom stereocenters. The average Bonchev–Trinajstić information content (AvgIpc) is 3.19. The lowest BCUT2D eigenvalue weighted by atomic mass is 10.1. The molecule has 0 aliphatic carbocycles. The maximum Gasteiger partial charge on any atom is 0.209 e. The van der Waals surface area contributed by atoms with Gasteiger partial charge in [0.2, 0.25) is 5.91 Å². The fraction of sp³-hybridized carbons (Fsp3) is 0.600. The SMILES string of the molecule is CN(CCCC(=O)N[O-])CC1OC(n2cnc3c(N)ncnc32)[C@H](O)[C@@H]1O. The van der Waals surface area contributed by atoms with Crippen molar-refractivity contribution in [2.75, 3.05) is 25.9 Å². The van der Waals surface area contributed by atoms with Gasteiger partial charge in [-0.25, -0.2) is 15.0 Å². The van der Waals surface area contributed by atoms with Gasteiger partial charge < -0.3 is 36.3 Å². The first-order chi connectivity index (χ1) is 12.9. The van der Waals surface area contributed by atoms with Crippen LogP contribution in [0.25, 0.3) is 11.2 Å². The topological polar surface area (TPSA) is 175 Å². The summed E-state index contributed by atoms with van der Waals surface area (Å²) in [5.41, 5.74) is 7.89. The Kier molecular flexibility index (Phi) is 5.82. The fourth-order valence-corrected chi connectivity index (χ4v) is 3.13. The lowest BCUT2D eigenvalue weighted by Crippen LogP contribution is -2.39. The summed E-state index contributed by atoms with van der Waals surface area (Å²) in [6, 6.07) is 0. The molecule has 1 amide bonds. The molecule has 0 radical (unpaired) electrons. The minimum absolute atomic E-state index is 0.120. The zero-order chi connectivity index (χ0) is 19.6. The van der Waals surface area contributed by atoms with Gasteiger partial charge in [0.1, 0.15) is 30.2 Å². The van der Waals surface area contributed by atoms with Crippen LogP contribution in [-0.4, -0.2) is 79.0 Å². The molecule has 2 aromatic rings. The Morgan fingerprint density at radius 3 is 2.93 bits per heavy atom. The standard InChI is InChI=1S/C15H22N7O5/c1-21(4-2-3-9(23)20-26)5-8-11(24)12(25)15(27-8)22-7-19-10-13(16)17-6-18-14(10)22/h6-8,11-12,15,24-25H,2-5H2,1H3,(H3-,16,17,18,20,23,26)/q-1/t8?,11-,12-,15?/m1/s1. The lowest BCUT2D eigenvalue weighted by molar-refractivity contribution is -0.120. The van der Waals surface area contributed by atoms with Crippen LogP contribution < -0.4 is 11.2 Å². The van der Waals surface area contributed by atoms with Crippen LogP contribution in [0.15, 0.2) is 12.7 Å². The van der Waals surface area contributed by atoms with Crippen LogP contribution >= 0.6 is 0 Å². The van der Waals surface area contributed by atoms with E-state index in [9.17, 15) is 20.2 Å². The van der Waals surface area contributed by atoms with Crippen molar-refractivity contribution in [2.24, 2.45) is 0 Å². The van der Waals surface area contributed by atoms with Gasteiger partial charge in [-0.15, -0.1) is 0 Å². The van der Waals surface area contributed by atoms with E-state index in [0.717, 1.165) is 0 Å². The van der Waals surface area contributed by atoms with Crippen molar-refractivity contribution in [3.63, 3.8) is 0 Å². The van der Waals surface area contributed by atoms with Gasteiger partial charge in [-0.05, 0) is 20.0 Å². The predicted molar refractivity (Wildman–Crippen MR) is 93.9 cm³/mol. The van der Waals surface area contributed by atoms with E-state index in [1.54, 1.807) is 7.05 Å². The first-order valence-electron chi connectivity index (χ1n) is 8.46. The molecule has 1 saturated heterocycles. The van der Waals surface area contributed by atoms with E-state index in [0.29, 0.717) is 30.7 Å². The molecule has 12 nitrogen and oxygen atoms in total. The fourth-order valence-electron chi connectivity index (χ4n) is 3.13. The van der Waals surface area contributed by atoms with Crippen molar-refractivity contribution in [1.82, 2.24) is 29.9 Å². The Hall–Kier alpha value is -2.38. The molecule has 0 saturated carbocycles. The predicted octanol–water partition coefficient (Wildman–Crippen LogP) is -1.65. The number of likely N-dealkylation sites (N-methyl/N-ethyl adjacent to an activating group) is 1. The number of hydrogen-bond acceptors (Lipinski definition) is 10. The summed E-state index contributed by atoms with van der Waals surface area (Å²) in [6.45, 7) is 0.857. The number of nitrogens with one attached hydrogen (secondary N) is 1. The summed E-state index contributed by atoms with van der Waals surface area (Å²) in [5.74, 6) is -0.352. The zero-order valence-corrected chi connectivity index (χ0v) is 14.7. The van der Waals surface area contributed by atoms with Crippen LogP contribution in [0.2, 0.25) is 0 Å². The van der Waals surface area contributed by atoms with E-state index >= 15 is 0 Å². The molecular formula is C15H22N7O5-. The van der Waals surface area contributed by atoms with Crippen LogP contribution in [-0.2, 0) is 9.53 Å². The number of nitrogens with zero attached hydrogens (tertiary/aromatic N) is 5. The zero-order valence-electron chi connectivity index (χ0n) is 14.7. The Labute approximate surface area is 154 Å². The Morgan fingerprint density at radius 1 is 1.41 bits per heavy atom. The first-order valence-corrected chi connectivity index (χ1v) is 8.46. The van der Waals surface area contributed by atoms with E-state index in [1.165, 1.54) is 22.7 Å². The second-order valence-corrected chi connectivity index (χ2v) is 6.52. The van der Waals surface area contributed by atoms with Gasteiger partial charge >= 0.3 is 0 Å². The molecule has 2 aromatic heterocycles. The summed E-state index contributed by atoms with van der Waals surface area (Å²) in [7, 11) is 1.80. The highest BCUT2D eigenvalue weighted by atomic mass is 16.6. The maximum absolute atomic E-state index is 11.0. The quantitative estimate of drug-likeness (QED) is 0.407. The third-order valence-corrected chi connectivity index (χ3v) is 4.55. The molecule has 1 aliphatic heterocycles. The third kappa shape index (κ3) is 3.99. The van der Waals surface area contributed by atoms with E-state index in [1.807, 2.05) is 4.90 Å². The molecule has 2 unspecified atom stereocenters. The van der Waals surface area contributed by atoms with Crippen molar-refractivity contribution in [3.05, 3.63) is 17.9 Å². The number of nitrogen functional groups attached to an aromatic ring is 1. The van der Waals surface area contributed by atoms with Gasteiger partial charge in [-0.1, -0.05) is 0 Å². The number of carbonyl (C=O) groups is 1. The number of amides is 1. The molecular weight excluding hydrogens is 358 g/mol. The smallest absolute Gasteiger partial charge is 0.209 e. The number of hydroxylamine groups is 1. The normalized spacial score (nSPS) is 25.4. The molecule has 3 heterocycles. The number of anilines is 1. The van der Waals surface area contributed by atoms with Crippen molar-refractivity contribution in [2.45, 2.75) is 37.4 Å². The number of nitrogens with two attached hydrogens (primary N) is 1. The van der Waals surface area contributed by atoms with Crippen LogP contribution in [0.1, 0.15) is 19.1 Å². The van der Waals surface area contributed by atoms with Crippen molar-refractivity contribution < 1.29 is 19.7 Å². The second kappa shape index (κ2) is 8.10. The molecule has 148 valence electrons. The van der Waals surface area contributed by atoms with E-state index in [4.69, 9.17) is 10.5 Å². The summed E-state index contributed by atoms with van der Waals surface area (Å²) in [6.07, 6.45) is -0.482. The molecule has 1 fully saturated rings. The number of hydrogen-bond donors (Lipinski definition) is 4. The number of carbonyl (C=O) groups excluding carboxylic acids is 1. The first kappa shape index (κ1) is 19.4. The summed E-state index contributed by atoms with van der Waals surface area (Å²) in [4.78, 5) is 25.0. The number of imidazole rings is 1. The summed E-state index contributed by atoms with van der Waals surface area (Å²) in [5, 5.41) is 31.0. The van der Waals surface area contributed by atoms with Gasteiger partial charge in [0.15, 0.2) is 17.7 Å². The number of fused-ring (bicyclic) bond motifs is 1. The van der Waals surface area contributed by atoms with E-state index in [2.05, 4.69) is 15.0 Å². The van der Waals surface area contributed by atoms with Gasteiger partial charge in [0, 0.05) is 13.0 Å². The monoisotopic (exact) mass is 380 g/mol. The second-order valence-electron chi connectivity index (χ2n) is 6.52. The number of aromatic nitrogens is 4. The van der Waals surface area contributed by atoms with Crippen LogP contribution in [0.3, 0.4) is 0 Å². The molecule has 0 bridgehead atoms. The Bertz CT molecular complexity index is 800. The van der Waals surface area contributed by atoms with Crippen LogP contribution in [0.4, 0.5) is 5.82 Å². The van der Waals surface area contributed by atoms with Crippen molar-refractivity contribution in [1.29, 1.82) is 0 Å². The summed E-state index contributed by atoms with van der Waals surface area (Å²) >= 11 is 0. The Morgan fingerprint density at radius 2 is 2.19 bits per heavy atom. The van der Waals surface area contributed by atoms with Crippen LogP contribution in [0.5, 0.6) is 0 Å². The van der Waals surface area contributed by atoms with Gasteiger partial charge in [0.05, 0.1) is 6.33 Å². The summed E-state index contributed by atoms with van der Waals surface area (Å²) < 4.78 is 7.36. The molecule has 3 rings (SSSR count). The Balaban J connectivity index is 1.65. The highest BCUT2D eigenvalue weighted by Crippen LogP contribution is 2.32. The third-order valence-electron chi connectivity index (χ3n) is 4.55. The minimum Gasteiger partial charge on any atom is -0.759 e. The molecule has 0 spiro atoms. The number of aliphatic hydroxyl groups is 2. The van der Waals surface area contributed by atoms with Gasteiger partial charge in [0.25, 0.3) is 0 Å². The highest BCUT2D eigenvalue weighted by Gasteiger charge is 2.44. The molecule has 12 heteroatoms. The lowest BCUT2D eigenvalue weighted by Gasteiger charge is -2.22. The molecule has 5 N–H and O–H groups in total. The largest absolute Gasteiger partial charge is 0.759 e. The maximum atomic E-state index is 11.0. The van der Waals surface area contributed by atoms with E-state index < -0.39 is 30.4 Å². The number of rotatable bonds is 7. The minimum atomic E-state index is -1.18. The van der Waals surface area contributed by atoms with Crippen LogP contribution in [0, 0.1) is 5.21 Å². The van der Waals surface area contributed by atoms with Gasteiger partial charge in [-0.3, -0.25) is 9.36 Å². The molecule has 27 heavy (non-hydrogen) atoms.